The van der Waals surface area contributed by atoms with E-state index in [1.807, 2.05) is 0 Å². The van der Waals surface area contributed by atoms with Crippen LogP contribution < -0.4 is 10.6 Å². The van der Waals surface area contributed by atoms with Gasteiger partial charge in [-0.05, 0) is 51.0 Å². The van der Waals surface area contributed by atoms with Crippen LogP contribution in [0.2, 0.25) is 0 Å². The highest BCUT2D eigenvalue weighted by Gasteiger charge is 2.31. The van der Waals surface area contributed by atoms with Crippen LogP contribution in [0.5, 0.6) is 0 Å². The molecule has 1 fully saturated rings. The van der Waals surface area contributed by atoms with Crippen molar-refractivity contribution in [1.29, 1.82) is 0 Å². The molecule has 0 radical (unpaired) electrons. The Morgan fingerprint density at radius 3 is 2.84 bits per heavy atom. The predicted molar refractivity (Wildman–Crippen MR) is 83.7 cm³/mol. The Bertz CT molecular complexity index is 446. The van der Waals surface area contributed by atoms with E-state index in [9.17, 15) is 0 Å². The fraction of sp³-hybridized carbons (Fsp3) is 0.600. The Labute approximate surface area is 124 Å². The predicted octanol–water partition coefficient (Wildman–Crippen LogP) is 2.95. The van der Waals surface area contributed by atoms with E-state index in [0.717, 1.165) is 30.7 Å². The van der Waals surface area contributed by atoms with Crippen LogP contribution >= 0.6 is 15.9 Å². The second-order valence-electron chi connectivity index (χ2n) is 5.97. The molecule has 1 aromatic rings. The molecule has 106 valence electrons. The van der Waals surface area contributed by atoms with Crippen molar-refractivity contribution in [2.45, 2.75) is 38.8 Å². The van der Waals surface area contributed by atoms with E-state index < -0.39 is 0 Å². The first kappa shape index (κ1) is 14.8. The van der Waals surface area contributed by atoms with Crippen molar-refractivity contribution in [2.75, 3.05) is 24.7 Å². The molecule has 2 rings (SSSR count). The van der Waals surface area contributed by atoms with E-state index in [2.05, 4.69) is 59.8 Å². The quantitative estimate of drug-likeness (QED) is 0.928. The topological polar surface area (TPSA) is 38.5 Å². The molecule has 1 unspecified atom stereocenters. The summed E-state index contributed by atoms with van der Waals surface area (Å²) in [6.07, 6.45) is 0.891. The fourth-order valence-corrected chi connectivity index (χ4v) is 3.04. The number of anilines is 1. The minimum Gasteiger partial charge on any atom is -0.377 e. The molecule has 1 aliphatic heterocycles. The number of morpholine rings is 1. The van der Waals surface area contributed by atoms with Crippen LogP contribution in [-0.2, 0) is 11.2 Å². The lowest BCUT2D eigenvalue weighted by molar-refractivity contribution is 0.0643. The molecule has 1 heterocycles. The molecule has 1 atom stereocenters. The average Bonchev–Trinajstić information content (AvgIpc) is 2.29. The lowest BCUT2D eigenvalue weighted by atomic mass is 9.97. The van der Waals surface area contributed by atoms with Crippen molar-refractivity contribution in [1.82, 2.24) is 0 Å². The molecular formula is C15H23BrN2O. The van der Waals surface area contributed by atoms with Gasteiger partial charge < -0.3 is 15.4 Å². The Kier molecular flexibility index (Phi) is 4.54. The highest BCUT2D eigenvalue weighted by Crippen LogP contribution is 2.32. The van der Waals surface area contributed by atoms with Gasteiger partial charge in [-0.3, -0.25) is 0 Å². The molecule has 0 bridgehead atoms. The van der Waals surface area contributed by atoms with Crippen molar-refractivity contribution >= 4 is 21.6 Å². The third-order valence-electron chi connectivity index (χ3n) is 3.52. The van der Waals surface area contributed by atoms with Crippen molar-refractivity contribution in [2.24, 2.45) is 5.73 Å². The van der Waals surface area contributed by atoms with E-state index in [0.29, 0.717) is 0 Å². The van der Waals surface area contributed by atoms with Crippen LogP contribution in [0.4, 0.5) is 5.69 Å². The SMILES string of the molecule is CC(N)Cc1cc(Br)ccc1N1CCOCC1(C)C. The fourth-order valence-electron chi connectivity index (χ4n) is 2.63. The van der Waals surface area contributed by atoms with Gasteiger partial charge in [0.05, 0.1) is 18.8 Å². The van der Waals surface area contributed by atoms with Gasteiger partial charge in [0.15, 0.2) is 0 Å². The number of hydrogen-bond donors (Lipinski definition) is 1. The Balaban J connectivity index is 2.37. The van der Waals surface area contributed by atoms with Gasteiger partial charge in [0.25, 0.3) is 0 Å². The van der Waals surface area contributed by atoms with Gasteiger partial charge in [-0.25, -0.2) is 0 Å². The molecule has 19 heavy (non-hydrogen) atoms. The van der Waals surface area contributed by atoms with Crippen molar-refractivity contribution in [3.8, 4) is 0 Å². The van der Waals surface area contributed by atoms with E-state index in [1.165, 1.54) is 11.3 Å². The highest BCUT2D eigenvalue weighted by atomic mass is 79.9. The Morgan fingerprint density at radius 1 is 1.47 bits per heavy atom. The van der Waals surface area contributed by atoms with Gasteiger partial charge in [-0.15, -0.1) is 0 Å². The second kappa shape index (κ2) is 5.81. The van der Waals surface area contributed by atoms with E-state index in [-0.39, 0.29) is 11.6 Å². The maximum Gasteiger partial charge on any atom is 0.0694 e. The molecular weight excluding hydrogens is 304 g/mol. The number of nitrogens with two attached hydrogens (primary N) is 1. The molecule has 0 amide bonds. The van der Waals surface area contributed by atoms with Crippen LogP contribution in [0.15, 0.2) is 22.7 Å². The standard InChI is InChI=1S/C15H23BrN2O/c1-11(17)8-12-9-13(16)4-5-14(12)18-6-7-19-10-15(18,2)3/h4-5,9,11H,6-8,10,17H2,1-3H3. The summed E-state index contributed by atoms with van der Waals surface area (Å²) in [7, 11) is 0. The summed E-state index contributed by atoms with van der Waals surface area (Å²) in [6, 6.07) is 6.64. The maximum absolute atomic E-state index is 5.98. The molecule has 0 aromatic heterocycles. The van der Waals surface area contributed by atoms with Gasteiger partial charge in [0.2, 0.25) is 0 Å². The monoisotopic (exact) mass is 326 g/mol. The largest absolute Gasteiger partial charge is 0.377 e. The minimum absolute atomic E-state index is 0.0265. The molecule has 0 spiro atoms. The molecule has 0 saturated carbocycles. The Morgan fingerprint density at radius 2 is 2.21 bits per heavy atom. The number of halogens is 1. The molecule has 1 aliphatic rings. The number of rotatable bonds is 3. The summed E-state index contributed by atoms with van der Waals surface area (Å²) in [5.74, 6) is 0. The van der Waals surface area contributed by atoms with Crippen molar-refractivity contribution in [3.63, 3.8) is 0 Å². The second-order valence-corrected chi connectivity index (χ2v) is 6.89. The normalized spacial score (nSPS) is 20.4. The van der Waals surface area contributed by atoms with Crippen LogP contribution in [-0.4, -0.2) is 31.3 Å². The van der Waals surface area contributed by atoms with Crippen LogP contribution in [0.25, 0.3) is 0 Å². The third kappa shape index (κ3) is 3.50. The summed E-state index contributed by atoms with van der Waals surface area (Å²) < 4.78 is 6.71. The van der Waals surface area contributed by atoms with Crippen LogP contribution in [0, 0.1) is 0 Å². The van der Waals surface area contributed by atoms with Gasteiger partial charge in [-0.1, -0.05) is 15.9 Å². The lowest BCUT2D eigenvalue weighted by Crippen LogP contribution is -2.53. The molecule has 4 heteroatoms. The highest BCUT2D eigenvalue weighted by molar-refractivity contribution is 9.10. The molecule has 1 saturated heterocycles. The zero-order chi connectivity index (χ0) is 14.0. The molecule has 0 aliphatic carbocycles. The zero-order valence-electron chi connectivity index (χ0n) is 11.9. The first-order chi connectivity index (χ1) is 8.90. The number of nitrogens with zero attached hydrogens (tertiary/aromatic N) is 1. The van der Waals surface area contributed by atoms with Gasteiger partial charge >= 0.3 is 0 Å². The van der Waals surface area contributed by atoms with E-state index in [1.54, 1.807) is 0 Å². The van der Waals surface area contributed by atoms with E-state index in [4.69, 9.17) is 10.5 Å². The lowest BCUT2D eigenvalue weighted by Gasteiger charge is -2.44. The zero-order valence-corrected chi connectivity index (χ0v) is 13.5. The van der Waals surface area contributed by atoms with E-state index >= 15 is 0 Å². The van der Waals surface area contributed by atoms with Gasteiger partial charge in [0, 0.05) is 22.7 Å². The Hall–Kier alpha value is -0.580. The minimum atomic E-state index is 0.0265. The summed E-state index contributed by atoms with van der Waals surface area (Å²) in [6.45, 7) is 8.99. The van der Waals surface area contributed by atoms with Crippen LogP contribution in [0.3, 0.4) is 0 Å². The number of ether oxygens (including phenoxy) is 1. The third-order valence-corrected chi connectivity index (χ3v) is 4.01. The first-order valence-electron chi connectivity index (χ1n) is 6.79. The summed E-state index contributed by atoms with van der Waals surface area (Å²) in [4.78, 5) is 2.45. The van der Waals surface area contributed by atoms with Crippen molar-refractivity contribution in [3.05, 3.63) is 28.2 Å². The maximum atomic E-state index is 5.98. The molecule has 3 nitrogen and oxygen atoms in total. The van der Waals surface area contributed by atoms with Gasteiger partial charge in [0.1, 0.15) is 0 Å². The number of benzene rings is 1. The molecule has 1 aromatic carbocycles. The smallest absolute Gasteiger partial charge is 0.0694 e. The number of hydrogen-bond acceptors (Lipinski definition) is 3. The van der Waals surface area contributed by atoms with Crippen molar-refractivity contribution < 1.29 is 4.74 Å². The summed E-state index contributed by atoms with van der Waals surface area (Å²) in [5, 5.41) is 0. The summed E-state index contributed by atoms with van der Waals surface area (Å²) in [5.41, 5.74) is 8.60. The molecule has 2 N–H and O–H groups in total. The average molecular weight is 327 g/mol. The van der Waals surface area contributed by atoms with Gasteiger partial charge in [-0.2, -0.15) is 0 Å². The summed E-state index contributed by atoms with van der Waals surface area (Å²) >= 11 is 3.55. The van der Waals surface area contributed by atoms with Crippen LogP contribution in [0.1, 0.15) is 26.3 Å². The first-order valence-corrected chi connectivity index (χ1v) is 7.59.